The van der Waals surface area contributed by atoms with Gasteiger partial charge in [-0.1, -0.05) is 0 Å². The molecule has 27 heavy (non-hydrogen) atoms. The molecule has 2 aromatic heterocycles. The topological polar surface area (TPSA) is 91.8 Å². The molecular formula is C20H23N5O2. The largest absolute Gasteiger partial charge is 0.358 e. The molecule has 2 heterocycles. The number of aromatic amines is 1. The number of hydrogen-bond acceptors (Lipinski definition) is 3. The van der Waals surface area contributed by atoms with Gasteiger partial charge in [0, 0.05) is 27.9 Å². The third-order valence-corrected chi connectivity index (χ3v) is 5.07. The minimum absolute atomic E-state index is 0.0598. The van der Waals surface area contributed by atoms with E-state index in [0.29, 0.717) is 5.56 Å². The van der Waals surface area contributed by atoms with E-state index in [4.69, 9.17) is 0 Å². The molecule has 1 aromatic carbocycles. The van der Waals surface area contributed by atoms with Crippen LogP contribution in [0.5, 0.6) is 0 Å². The Morgan fingerprint density at radius 1 is 1.15 bits per heavy atom. The second kappa shape index (κ2) is 6.90. The molecule has 0 unspecified atom stereocenters. The van der Waals surface area contributed by atoms with Gasteiger partial charge in [-0.05, 0) is 69.4 Å². The number of nitrogens with zero attached hydrogens (tertiary/aromatic N) is 2. The summed E-state index contributed by atoms with van der Waals surface area (Å²) in [5, 5.41) is 5.35. The zero-order valence-corrected chi connectivity index (χ0v) is 15.6. The van der Waals surface area contributed by atoms with Crippen molar-refractivity contribution >= 4 is 22.7 Å². The van der Waals surface area contributed by atoms with Crippen LogP contribution >= 0.6 is 0 Å². The lowest BCUT2D eigenvalue weighted by Gasteiger charge is -2.11. The van der Waals surface area contributed by atoms with Crippen LogP contribution in [0.2, 0.25) is 0 Å². The number of hydrogen-bond donors (Lipinski definition) is 3. The van der Waals surface area contributed by atoms with Gasteiger partial charge in [0.05, 0.1) is 5.69 Å². The summed E-state index contributed by atoms with van der Waals surface area (Å²) in [7, 11) is 0. The van der Waals surface area contributed by atoms with Gasteiger partial charge in [0.1, 0.15) is 6.54 Å². The Labute approximate surface area is 157 Å². The molecule has 1 aliphatic carbocycles. The summed E-state index contributed by atoms with van der Waals surface area (Å²) in [6, 6.07) is 7.50. The predicted octanol–water partition coefficient (Wildman–Crippen LogP) is 2.32. The molecule has 2 amide bonds. The maximum Gasteiger partial charge on any atom is 0.269 e. The Bertz CT molecular complexity index is 1030. The van der Waals surface area contributed by atoms with E-state index in [9.17, 15) is 9.59 Å². The number of aryl methyl sites for hydroxylation is 4. The van der Waals surface area contributed by atoms with Gasteiger partial charge in [-0.15, -0.1) is 0 Å². The molecule has 0 aliphatic heterocycles. The van der Waals surface area contributed by atoms with E-state index in [0.717, 1.165) is 35.1 Å². The summed E-state index contributed by atoms with van der Waals surface area (Å²) in [4.78, 5) is 28.0. The maximum atomic E-state index is 12.4. The van der Waals surface area contributed by atoms with Gasteiger partial charge in [-0.3, -0.25) is 25.1 Å². The van der Waals surface area contributed by atoms with Crippen LogP contribution in [0.25, 0.3) is 10.9 Å². The van der Waals surface area contributed by atoms with Crippen LogP contribution in [0.3, 0.4) is 0 Å². The third-order valence-electron chi connectivity index (χ3n) is 5.07. The average Bonchev–Trinajstić information content (AvgIpc) is 3.18. The molecule has 0 spiro atoms. The van der Waals surface area contributed by atoms with Crippen LogP contribution in [-0.4, -0.2) is 26.6 Å². The Morgan fingerprint density at radius 2 is 1.96 bits per heavy atom. The van der Waals surface area contributed by atoms with E-state index in [2.05, 4.69) is 20.9 Å². The van der Waals surface area contributed by atoms with E-state index >= 15 is 0 Å². The van der Waals surface area contributed by atoms with Crippen LogP contribution in [0.15, 0.2) is 24.3 Å². The van der Waals surface area contributed by atoms with Crippen molar-refractivity contribution in [2.24, 2.45) is 0 Å². The first-order chi connectivity index (χ1) is 13.0. The predicted molar refractivity (Wildman–Crippen MR) is 102 cm³/mol. The summed E-state index contributed by atoms with van der Waals surface area (Å²) < 4.78 is 1.61. The van der Waals surface area contributed by atoms with E-state index in [1.807, 2.05) is 32.0 Å². The zero-order chi connectivity index (χ0) is 19.0. The lowest BCUT2D eigenvalue weighted by atomic mass is 9.95. The fraction of sp³-hybridized carbons (Fsp3) is 0.350. The fourth-order valence-corrected chi connectivity index (χ4v) is 3.76. The second-order valence-corrected chi connectivity index (χ2v) is 7.14. The van der Waals surface area contributed by atoms with E-state index in [1.54, 1.807) is 10.7 Å². The van der Waals surface area contributed by atoms with E-state index in [-0.39, 0.29) is 18.4 Å². The number of fused-ring (bicyclic) bond motifs is 3. The van der Waals surface area contributed by atoms with Crippen LogP contribution in [0.4, 0.5) is 0 Å². The molecule has 1 aliphatic rings. The first-order valence-corrected chi connectivity index (χ1v) is 9.25. The normalized spacial score (nSPS) is 13.4. The molecule has 0 saturated heterocycles. The van der Waals surface area contributed by atoms with E-state index in [1.165, 1.54) is 24.1 Å². The first-order valence-electron chi connectivity index (χ1n) is 9.25. The highest BCUT2D eigenvalue weighted by molar-refractivity contribution is 5.99. The van der Waals surface area contributed by atoms with Crippen molar-refractivity contribution in [2.75, 3.05) is 0 Å². The summed E-state index contributed by atoms with van der Waals surface area (Å²) in [5.41, 5.74) is 10.9. The summed E-state index contributed by atoms with van der Waals surface area (Å²) in [5.74, 6) is -0.654. The highest BCUT2D eigenvalue weighted by Gasteiger charge is 2.17. The molecule has 0 bridgehead atoms. The van der Waals surface area contributed by atoms with Crippen molar-refractivity contribution in [1.82, 2.24) is 25.6 Å². The number of aromatic nitrogens is 3. The lowest BCUT2D eigenvalue weighted by molar-refractivity contribution is -0.122. The van der Waals surface area contributed by atoms with Crippen molar-refractivity contribution in [3.63, 3.8) is 0 Å². The minimum atomic E-state index is -0.329. The molecule has 0 radical (unpaired) electrons. The van der Waals surface area contributed by atoms with Gasteiger partial charge in [0.25, 0.3) is 11.8 Å². The number of nitrogens with one attached hydrogen (secondary N) is 3. The summed E-state index contributed by atoms with van der Waals surface area (Å²) in [6.45, 7) is 3.82. The van der Waals surface area contributed by atoms with Crippen molar-refractivity contribution in [2.45, 2.75) is 46.1 Å². The van der Waals surface area contributed by atoms with Gasteiger partial charge in [-0.2, -0.15) is 5.10 Å². The van der Waals surface area contributed by atoms with Gasteiger partial charge in [0.15, 0.2) is 0 Å². The molecule has 0 fully saturated rings. The number of hydrazine groups is 1. The molecule has 4 rings (SSSR count). The van der Waals surface area contributed by atoms with Gasteiger partial charge in [-0.25, -0.2) is 0 Å². The van der Waals surface area contributed by atoms with Crippen LogP contribution in [-0.2, 0) is 24.2 Å². The Kier molecular flexibility index (Phi) is 4.43. The van der Waals surface area contributed by atoms with Crippen LogP contribution < -0.4 is 10.9 Å². The van der Waals surface area contributed by atoms with Gasteiger partial charge < -0.3 is 4.98 Å². The van der Waals surface area contributed by atoms with Crippen LogP contribution in [0, 0.1) is 13.8 Å². The number of rotatable bonds is 3. The number of carbonyl (C=O) groups is 2. The second-order valence-electron chi connectivity index (χ2n) is 7.14. The number of benzene rings is 1. The lowest BCUT2D eigenvalue weighted by Crippen LogP contribution is -2.43. The quantitative estimate of drug-likeness (QED) is 0.622. The minimum Gasteiger partial charge on any atom is -0.358 e. The number of H-pyrrole nitrogens is 1. The molecule has 0 atom stereocenters. The molecule has 3 N–H and O–H groups in total. The summed E-state index contributed by atoms with van der Waals surface area (Å²) >= 11 is 0. The summed E-state index contributed by atoms with van der Waals surface area (Å²) in [6.07, 6.45) is 4.49. The average molecular weight is 365 g/mol. The smallest absolute Gasteiger partial charge is 0.269 e. The third kappa shape index (κ3) is 3.45. The van der Waals surface area contributed by atoms with Crippen molar-refractivity contribution in [3.8, 4) is 0 Å². The van der Waals surface area contributed by atoms with Gasteiger partial charge >= 0.3 is 0 Å². The standard InChI is InChI=1S/C20H23N5O2/c1-12-9-13(2)25(24-12)11-19(26)22-23-20(27)14-7-8-18-16(10-14)15-5-3-4-6-17(15)21-18/h7-10,21H,3-6,11H2,1-2H3,(H,22,26)(H,23,27). The molecule has 3 aromatic rings. The number of amides is 2. The fourth-order valence-electron chi connectivity index (χ4n) is 3.76. The van der Waals surface area contributed by atoms with E-state index < -0.39 is 0 Å². The molecule has 7 nitrogen and oxygen atoms in total. The monoisotopic (exact) mass is 365 g/mol. The van der Waals surface area contributed by atoms with Crippen molar-refractivity contribution < 1.29 is 9.59 Å². The van der Waals surface area contributed by atoms with Crippen LogP contribution in [0.1, 0.15) is 45.8 Å². The molecular weight excluding hydrogens is 342 g/mol. The zero-order valence-electron chi connectivity index (χ0n) is 15.6. The first kappa shape index (κ1) is 17.3. The van der Waals surface area contributed by atoms with Crippen molar-refractivity contribution in [3.05, 3.63) is 52.5 Å². The molecule has 7 heteroatoms. The van der Waals surface area contributed by atoms with Crippen molar-refractivity contribution in [1.29, 1.82) is 0 Å². The molecule has 140 valence electrons. The SMILES string of the molecule is Cc1cc(C)n(CC(=O)NNC(=O)c2ccc3[nH]c4c(c3c2)CCCC4)n1. The highest BCUT2D eigenvalue weighted by atomic mass is 16.2. The maximum absolute atomic E-state index is 12.4. The Balaban J connectivity index is 1.43. The van der Waals surface area contributed by atoms with Gasteiger partial charge in [0.2, 0.25) is 0 Å². The molecule has 0 saturated carbocycles. The number of carbonyl (C=O) groups excluding carboxylic acids is 2. The Hall–Kier alpha value is -3.09. The highest BCUT2D eigenvalue weighted by Crippen LogP contribution is 2.29. The Morgan fingerprint density at radius 3 is 2.74 bits per heavy atom.